The predicted octanol–water partition coefficient (Wildman–Crippen LogP) is 2.23. The fourth-order valence-corrected chi connectivity index (χ4v) is 1.77. The molecule has 92 valence electrons. The maximum absolute atomic E-state index is 6.11. The maximum Gasteiger partial charge on any atom is 0.130 e. The Bertz CT molecular complexity index is 476. The first-order valence-electron chi connectivity index (χ1n) is 5.78. The predicted molar refractivity (Wildman–Crippen MR) is 65.9 cm³/mol. The second kappa shape index (κ2) is 5.31. The zero-order valence-electron chi connectivity index (χ0n) is 10.0. The van der Waals surface area contributed by atoms with Crippen molar-refractivity contribution in [1.29, 1.82) is 0 Å². The highest BCUT2D eigenvalue weighted by molar-refractivity contribution is 6.20. The van der Waals surface area contributed by atoms with Crippen LogP contribution in [0.2, 0.25) is 0 Å². The molecule has 2 heterocycles. The summed E-state index contributed by atoms with van der Waals surface area (Å²) in [6.07, 6.45) is 6.50. The molecule has 0 aliphatic heterocycles. The Labute approximate surface area is 105 Å². The first kappa shape index (κ1) is 12.1. The molecule has 0 saturated heterocycles. The van der Waals surface area contributed by atoms with Crippen LogP contribution in [-0.4, -0.2) is 24.5 Å². The second-order valence-corrected chi connectivity index (χ2v) is 4.37. The molecule has 1 atom stereocenters. The van der Waals surface area contributed by atoms with E-state index in [1.807, 2.05) is 19.3 Å². The molecule has 0 spiro atoms. The Hall–Kier alpha value is -1.36. The summed E-state index contributed by atoms with van der Waals surface area (Å²) >= 11 is 6.11. The summed E-state index contributed by atoms with van der Waals surface area (Å²) in [6, 6.07) is 0. The Morgan fingerprint density at radius 2 is 2.24 bits per heavy atom. The van der Waals surface area contributed by atoms with Crippen LogP contribution in [-0.2, 0) is 13.1 Å². The maximum atomic E-state index is 6.11. The van der Waals surface area contributed by atoms with E-state index in [1.165, 1.54) is 0 Å². The van der Waals surface area contributed by atoms with E-state index in [0.29, 0.717) is 6.54 Å². The minimum atomic E-state index is -0.0605. The molecule has 0 bridgehead atoms. The molecule has 0 aromatic carbocycles. The number of hydrogen-bond donors (Lipinski definition) is 0. The lowest BCUT2D eigenvalue weighted by Crippen LogP contribution is -2.08. The van der Waals surface area contributed by atoms with Crippen LogP contribution in [0.25, 0.3) is 0 Å². The van der Waals surface area contributed by atoms with E-state index < -0.39 is 0 Å². The van der Waals surface area contributed by atoms with Crippen LogP contribution >= 0.6 is 11.6 Å². The lowest BCUT2D eigenvalue weighted by molar-refractivity contribution is 0.588. The molecule has 6 heteroatoms. The molecule has 1 unspecified atom stereocenters. The van der Waals surface area contributed by atoms with Gasteiger partial charge in [-0.25, -0.2) is 9.67 Å². The van der Waals surface area contributed by atoms with Gasteiger partial charge in [0.25, 0.3) is 0 Å². The zero-order valence-corrected chi connectivity index (χ0v) is 10.8. The van der Waals surface area contributed by atoms with Crippen LogP contribution in [0.1, 0.15) is 37.2 Å². The van der Waals surface area contributed by atoms with Crippen molar-refractivity contribution in [3.05, 3.63) is 30.1 Å². The van der Waals surface area contributed by atoms with Gasteiger partial charge in [-0.1, -0.05) is 12.1 Å². The van der Waals surface area contributed by atoms with Crippen molar-refractivity contribution in [2.24, 2.45) is 0 Å². The molecular formula is C11H16ClN5. The van der Waals surface area contributed by atoms with E-state index >= 15 is 0 Å². The SMILES string of the molecule is CCC(Cl)c1cn(Cc2nccn2CC)nn1. The first-order chi connectivity index (χ1) is 8.24. The molecule has 2 aromatic rings. The van der Waals surface area contributed by atoms with Gasteiger partial charge in [0.1, 0.15) is 18.1 Å². The van der Waals surface area contributed by atoms with E-state index in [2.05, 4.69) is 26.8 Å². The Morgan fingerprint density at radius 1 is 1.41 bits per heavy atom. The van der Waals surface area contributed by atoms with E-state index in [1.54, 1.807) is 10.9 Å². The molecule has 0 saturated carbocycles. The number of rotatable bonds is 5. The molecule has 0 fully saturated rings. The summed E-state index contributed by atoms with van der Waals surface area (Å²) in [5.41, 5.74) is 0.823. The largest absolute Gasteiger partial charge is 0.334 e. The van der Waals surface area contributed by atoms with E-state index in [4.69, 9.17) is 11.6 Å². The average molecular weight is 254 g/mol. The fourth-order valence-electron chi connectivity index (χ4n) is 1.67. The number of aryl methyl sites for hydroxylation is 1. The van der Waals surface area contributed by atoms with Crippen molar-refractivity contribution in [1.82, 2.24) is 24.5 Å². The minimum absolute atomic E-state index is 0.0605. The number of aromatic nitrogens is 5. The smallest absolute Gasteiger partial charge is 0.130 e. The van der Waals surface area contributed by atoms with Gasteiger partial charge in [-0.2, -0.15) is 0 Å². The second-order valence-electron chi connectivity index (χ2n) is 3.85. The van der Waals surface area contributed by atoms with Gasteiger partial charge in [-0.05, 0) is 13.3 Å². The zero-order chi connectivity index (χ0) is 12.3. The number of alkyl halides is 1. The fraction of sp³-hybridized carbons (Fsp3) is 0.545. The number of imidazole rings is 1. The van der Waals surface area contributed by atoms with Crippen LogP contribution in [0.15, 0.2) is 18.6 Å². The average Bonchev–Trinajstić information content (AvgIpc) is 2.97. The van der Waals surface area contributed by atoms with Crippen LogP contribution in [0.5, 0.6) is 0 Å². The van der Waals surface area contributed by atoms with Crippen LogP contribution < -0.4 is 0 Å². The number of nitrogens with zero attached hydrogens (tertiary/aromatic N) is 5. The van der Waals surface area contributed by atoms with Gasteiger partial charge >= 0.3 is 0 Å². The molecule has 0 N–H and O–H groups in total. The third-order valence-corrected chi connectivity index (χ3v) is 3.21. The molecule has 0 amide bonds. The molecule has 5 nitrogen and oxygen atoms in total. The van der Waals surface area contributed by atoms with Gasteiger partial charge in [0.05, 0.1) is 11.6 Å². The van der Waals surface area contributed by atoms with Gasteiger partial charge in [-0.3, -0.25) is 0 Å². The molecular weight excluding hydrogens is 238 g/mol. The van der Waals surface area contributed by atoms with Gasteiger partial charge < -0.3 is 4.57 Å². The van der Waals surface area contributed by atoms with Crippen molar-refractivity contribution in [3.8, 4) is 0 Å². The summed E-state index contributed by atoms with van der Waals surface area (Å²) in [5, 5.41) is 8.07. The van der Waals surface area contributed by atoms with Gasteiger partial charge in [0, 0.05) is 18.9 Å². The van der Waals surface area contributed by atoms with E-state index in [-0.39, 0.29) is 5.38 Å². The molecule has 0 radical (unpaired) electrons. The summed E-state index contributed by atoms with van der Waals surface area (Å²) in [6.45, 7) is 5.65. The molecule has 2 rings (SSSR count). The standard InChI is InChI=1S/C11H16ClN5/c1-3-9(12)10-7-17(15-14-10)8-11-13-5-6-16(11)4-2/h5-7,9H,3-4,8H2,1-2H3. The summed E-state index contributed by atoms with van der Waals surface area (Å²) in [7, 11) is 0. The van der Waals surface area contributed by atoms with Crippen molar-refractivity contribution in [3.63, 3.8) is 0 Å². The summed E-state index contributed by atoms with van der Waals surface area (Å²) in [5.74, 6) is 0.978. The molecule has 0 aliphatic carbocycles. The molecule has 17 heavy (non-hydrogen) atoms. The summed E-state index contributed by atoms with van der Waals surface area (Å²) in [4.78, 5) is 4.30. The molecule has 0 aliphatic rings. The Morgan fingerprint density at radius 3 is 2.94 bits per heavy atom. The third-order valence-electron chi connectivity index (χ3n) is 2.68. The first-order valence-corrected chi connectivity index (χ1v) is 6.22. The lowest BCUT2D eigenvalue weighted by Gasteiger charge is -2.03. The monoisotopic (exact) mass is 253 g/mol. The highest BCUT2D eigenvalue weighted by atomic mass is 35.5. The van der Waals surface area contributed by atoms with Crippen molar-refractivity contribution in [2.75, 3.05) is 0 Å². The number of hydrogen-bond acceptors (Lipinski definition) is 3. The lowest BCUT2D eigenvalue weighted by atomic mass is 10.3. The normalized spacial score (nSPS) is 12.9. The highest BCUT2D eigenvalue weighted by Gasteiger charge is 2.11. The van der Waals surface area contributed by atoms with Gasteiger partial charge in [0.2, 0.25) is 0 Å². The minimum Gasteiger partial charge on any atom is -0.334 e. The summed E-state index contributed by atoms with van der Waals surface area (Å²) < 4.78 is 3.86. The third kappa shape index (κ3) is 2.66. The number of halogens is 1. The quantitative estimate of drug-likeness (QED) is 0.768. The van der Waals surface area contributed by atoms with Gasteiger partial charge in [-0.15, -0.1) is 16.7 Å². The topological polar surface area (TPSA) is 48.5 Å². The van der Waals surface area contributed by atoms with Crippen molar-refractivity contribution >= 4 is 11.6 Å². The van der Waals surface area contributed by atoms with Crippen LogP contribution in [0, 0.1) is 0 Å². The van der Waals surface area contributed by atoms with E-state index in [0.717, 1.165) is 24.5 Å². The Balaban J connectivity index is 2.11. The highest BCUT2D eigenvalue weighted by Crippen LogP contribution is 2.20. The van der Waals surface area contributed by atoms with E-state index in [9.17, 15) is 0 Å². The molecule has 2 aromatic heterocycles. The van der Waals surface area contributed by atoms with Crippen LogP contribution in [0.3, 0.4) is 0 Å². The van der Waals surface area contributed by atoms with Crippen molar-refractivity contribution in [2.45, 2.75) is 38.7 Å². The Kier molecular flexibility index (Phi) is 3.78. The van der Waals surface area contributed by atoms with Crippen LogP contribution in [0.4, 0.5) is 0 Å². The van der Waals surface area contributed by atoms with Gasteiger partial charge in [0.15, 0.2) is 0 Å². The van der Waals surface area contributed by atoms with Crippen molar-refractivity contribution < 1.29 is 0 Å².